The van der Waals surface area contributed by atoms with E-state index in [9.17, 15) is 4.79 Å². The largest absolute Gasteiger partial charge is 0.444 e. The fraction of sp³-hybridized carbons (Fsp3) is 0.875. The Morgan fingerprint density at radius 3 is 2.36 bits per heavy atom. The molecule has 0 aromatic heterocycles. The van der Waals surface area contributed by atoms with Crippen LogP contribution in [0.5, 0.6) is 0 Å². The van der Waals surface area contributed by atoms with Gasteiger partial charge >= 0.3 is 5.97 Å². The van der Waals surface area contributed by atoms with Gasteiger partial charge in [0.25, 0.3) is 0 Å². The fourth-order valence-electron chi connectivity index (χ4n) is 1.01. The zero-order chi connectivity index (χ0) is 8.91. The van der Waals surface area contributed by atoms with Gasteiger partial charge < -0.3 is 4.74 Å². The fourth-order valence-corrected chi connectivity index (χ4v) is 1.01. The average molecular weight is 159 g/mol. The summed E-state index contributed by atoms with van der Waals surface area (Å²) < 4.78 is 4.97. The summed E-state index contributed by atoms with van der Waals surface area (Å²) in [6.45, 7) is 5.31. The van der Waals surface area contributed by atoms with Crippen molar-refractivity contribution in [1.29, 1.82) is 0 Å². The Morgan fingerprint density at radius 2 is 2.09 bits per heavy atom. The van der Waals surface area contributed by atoms with E-state index < -0.39 is 5.72 Å². The van der Waals surface area contributed by atoms with E-state index in [-0.39, 0.29) is 5.97 Å². The molecule has 0 spiro atoms. The molecule has 0 radical (unpaired) electrons. The monoisotopic (exact) mass is 159 g/mol. The van der Waals surface area contributed by atoms with Gasteiger partial charge in [0.1, 0.15) is 0 Å². The molecule has 0 saturated heterocycles. The van der Waals surface area contributed by atoms with Crippen molar-refractivity contribution >= 4 is 5.97 Å². The van der Waals surface area contributed by atoms with Crippen LogP contribution in [0.3, 0.4) is 0 Å². The molecule has 3 nitrogen and oxygen atoms in total. The second-order valence-electron chi connectivity index (χ2n) is 2.76. The highest BCUT2D eigenvalue weighted by atomic mass is 16.6. The minimum absolute atomic E-state index is 0.303. The molecule has 0 amide bonds. The molecule has 0 aromatic rings. The minimum Gasteiger partial charge on any atom is -0.444 e. The van der Waals surface area contributed by atoms with Crippen molar-refractivity contribution in [1.82, 2.24) is 0 Å². The molecule has 0 fully saturated rings. The number of esters is 1. The van der Waals surface area contributed by atoms with Gasteiger partial charge in [0.05, 0.1) is 0 Å². The molecule has 66 valence electrons. The highest BCUT2D eigenvalue weighted by Crippen LogP contribution is 2.15. The molecule has 1 unspecified atom stereocenters. The van der Waals surface area contributed by atoms with E-state index in [2.05, 4.69) is 0 Å². The van der Waals surface area contributed by atoms with Gasteiger partial charge in [-0.2, -0.15) is 0 Å². The zero-order valence-corrected chi connectivity index (χ0v) is 7.52. The number of rotatable bonds is 4. The Labute approximate surface area is 67.9 Å². The standard InChI is InChI=1S/C8H17NO2/c1-4-6-8(9,5-2)11-7(3)10/h4-6,9H2,1-3H3. The first-order valence-corrected chi connectivity index (χ1v) is 4.02. The van der Waals surface area contributed by atoms with Crippen LogP contribution in [0, 0.1) is 0 Å². The molecule has 0 aliphatic carbocycles. The van der Waals surface area contributed by atoms with Crippen LogP contribution in [-0.2, 0) is 9.53 Å². The summed E-state index contributed by atoms with van der Waals surface area (Å²) in [4.78, 5) is 10.6. The Balaban J connectivity index is 3.98. The maximum Gasteiger partial charge on any atom is 0.304 e. The first-order valence-electron chi connectivity index (χ1n) is 4.02. The maximum absolute atomic E-state index is 10.6. The number of ether oxygens (including phenoxy) is 1. The van der Waals surface area contributed by atoms with Gasteiger partial charge in [-0.15, -0.1) is 0 Å². The van der Waals surface area contributed by atoms with Gasteiger partial charge in [-0.1, -0.05) is 20.3 Å². The molecule has 0 aliphatic heterocycles. The topological polar surface area (TPSA) is 52.3 Å². The molecule has 3 heteroatoms. The smallest absolute Gasteiger partial charge is 0.304 e. The Hall–Kier alpha value is -0.570. The quantitative estimate of drug-likeness (QED) is 0.498. The predicted molar refractivity (Wildman–Crippen MR) is 43.9 cm³/mol. The van der Waals surface area contributed by atoms with E-state index in [0.717, 1.165) is 12.8 Å². The van der Waals surface area contributed by atoms with E-state index in [1.54, 1.807) is 0 Å². The lowest BCUT2D eigenvalue weighted by molar-refractivity contribution is -0.157. The molecule has 0 aliphatic rings. The highest BCUT2D eigenvalue weighted by molar-refractivity contribution is 5.66. The third-order valence-electron chi connectivity index (χ3n) is 1.62. The van der Waals surface area contributed by atoms with Crippen LogP contribution in [0.2, 0.25) is 0 Å². The first kappa shape index (κ1) is 10.4. The molecule has 11 heavy (non-hydrogen) atoms. The Kier molecular flexibility index (Phi) is 4.11. The van der Waals surface area contributed by atoms with Crippen molar-refractivity contribution in [2.75, 3.05) is 0 Å². The van der Waals surface area contributed by atoms with E-state index in [0.29, 0.717) is 6.42 Å². The number of hydrogen-bond acceptors (Lipinski definition) is 3. The van der Waals surface area contributed by atoms with Gasteiger partial charge in [0.15, 0.2) is 5.72 Å². The van der Waals surface area contributed by atoms with Crippen LogP contribution in [0.15, 0.2) is 0 Å². The maximum atomic E-state index is 10.6. The summed E-state index contributed by atoms with van der Waals surface area (Å²) in [5, 5.41) is 0. The Morgan fingerprint density at radius 1 is 1.55 bits per heavy atom. The summed E-state index contributed by atoms with van der Waals surface area (Å²) in [5.41, 5.74) is 5.03. The second-order valence-corrected chi connectivity index (χ2v) is 2.76. The van der Waals surface area contributed by atoms with Crippen LogP contribution in [0.25, 0.3) is 0 Å². The van der Waals surface area contributed by atoms with E-state index >= 15 is 0 Å². The third-order valence-corrected chi connectivity index (χ3v) is 1.62. The summed E-state index contributed by atoms with van der Waals surface area (Å²) in [7, 11) is 0. The summed E-state index contributed by atoms with van der Waals surface area (Å²) in [6.07, 6.45) is 2.32. The molecular weight excluding hydrogens is 142 g/mol. The molecule has 0 bridgehead atoms. The number of nitrogens with two attached hydrogens (primary N) is 1. The van der Waals surface area contributed by atoms with Gasteiger partial charge in [-0.25, -0.2) is 0 Å². The van der Waals surface area contributed by atoms with E-state index in [1.807, 2.05) is 13.8 Å². The number of hydrogen-bond donors (Lipinski definition) is 1. The van der Waals surface area contributed by atoms with Crippen LogP contribution in [0.4, 0.5) is 0 Å². The highest BCUT2D eigenvalue weighted by Gasteiger charge is 2.24. The van der Waals surface area contributed by atoms with Crippen LogP contribution >= 0.6 is 0 Å². The normalized spacial score (nSPS) is 15.6. The predicted octanol–water partition coefficient (Wildman–Crippen LogP) is 1.41. The van der Waals surface area contributed by atoms with Gasteiger partial charge in [-0.3, -0.25) is 10.5 Å². The lowest BCUT2D eigenvalue weighted by Crippen LogP contribution is -2.43. The van der Waals surface area contributed by atoms with Crippen molar-refractivity contribution in [3.63, 3.8) is 0 Å². The zero-order valence-electron chi connectivity index (χ0n) is 7.52. The van der Waals surface area contributed by atoms with Crippen LogP contribution in [0.1, 0.15) is 40.0 Å². The summed E-state index contributed by atoms with van der Waals surface area (Å²) in [6, 6.07) is 0. The first-order chi connectivity index (χ1) is 5.04. The molecule has 0 aromatic carbocycles. The van der Waals surface area contributed by atoms with Gasteiger partial charge in [-0.05, 0) is 6.42 Å². The number of carbonyl (C=O) groups excluding carboxylic acids is 1. The van der Waals surface area contributed by atoms with Gasteiger partial charge in [0, 0.05) is 13.3 Å². The van der Waals surface area contributed by atoms with E-state index in [4.69, 9.17) is 10.5 Å². The SMILES string of the molecule is CCCC(N)(CC)OC(C)=O. The van der Waals surface area contributed by atoms with Crippen molar-refractivity contribution in [2.24, 2.45) is 5.73 Å². The van der Waals surface area contributed by atoms with Crippen LogP contribution in [-0.4, -0.2) is 11.7 Å². The Bertz CT molecular complexity index is 136. The summed E-state index contributed by atoms with van der Waals surface area (Å²) in [5.74, 6) is -0.303. The van der Waals surface area contributed by atoms with Crippen molar-refractivity contribution in [3.05, 3.63) is 0 Å². The van der Waals surface area contributed by atoms with Crippen molar-refractivity contribution in [3.8, 4) is 0 Å². The second kappa shape index (κ2) is 4.34. The lowest BCUT2D eigenvalue weighted by Gasteiger charge is -2.26. The minimum atomic E-state index is -0.736. The molecule has 0 heterocycles. The molecular formula is C8H17NO2. The van der Waals surface area contributed by atoms with E-state index in [1.165, 1.54) is 6.92 Å². The molecule has 0 saturated carbocycles. The molecule has 0 rings (SSSR count). The average Bonchev–Trinajstić information content (AvgIpc) is 1.87. The van der Waals surface area contributed by atoms with Crippen LogP contribution < -0.4 is 5.73 Å². The van der Waals surface area contributed by atoms with Crippen molar-refractivity contribution < 1.29 is 9.53 Å². The van der Waals surface area contributed by atoms with Gasteiger partial charge in [0.2, 0.25) is 0 Å². The van der Waals surface area contributed by atoms with Crippen molar-refractivity contribution in [2.45, 2.75) is 45.8 Å². The lowest BCUT2D eigenvalue weighted by atomic mass is 10.1. The molecule has 2 N–H and O–H groups in total. The molecule has 1 atom stereocenters. The number of carbonyl (C=O) groups is 1. The summed E-state index contributed by atoms with van der Waals surface area (Å²) >= 11 is 0. The third kappa shape index (κ3) is 3.98.